The molecule has 0 aliphatic carbocycles. The first-order valence-corrected chi connectivity index (χ1v) is 9.00. The summed E-state index contributed by atoms with van der Waals surface area (Å²) in [5, 5.41) is 8.72. The lowest BCUT2D eigenvalue weighted by Gasteiger charge is -2.29. The van der Waals surface area contributed by atoms with Crippen LogP contribution >= 0.6 is 0 Å². The molecule has 3 heterocycles. The minimum atomic E-state index is 0.115. The zero-order valence-electron chi connectivity index (χ0n) is 15.2. The van der Waals surface area contributed by atoms with Crippen molar-refractivity contribution in [2.24, 2.45) is 7.05 Å². The summed E-state index contributed by atoms with van der Waals surface area (Å²) in [4.78, 5) is 19.0. The molecule has 6 heteroatoms. The Bertz CT molecular complexity index is 962. The van der Waals surface area contributed by atoms with Crippen molar-refractivity contribution in [2.75, 3.05) is 18.0 Å². The molecule has 1 aromatic carbocycles. The van der Waals surface area contributed by atoms with Gasteiger partial charge in [0, 0.05) is 37.4 Å². The molecule has 0 bridgehead atoms. The maximum absolute atomic E-state index is 12.7. The second-order valence-corrected chi connectivity index (χ2v) is 6.80. The fourth-order valence-corrected chi connectivity index (χ4v) is 3.65. The van der Waals surface area contributed by atoms with Crippen LogP contribution in [0.3, 0.4) is 0 Å². The topological polar surface area (TPSA) is 63.1 Å². The van der Waals surface area contributed by atoms with Crippen LogP contribution in [0.4, 0.5) is 5.69 Å². The number of pyridine rings is 1. The first-order valence-electron chi connectivity index (χ1n) is 9.00. The lowest BCUT2D eigenvalue weighted by molar-refractivity contribution is -0.117. The van der Waals surface area contributed by atoms with Gasteiger partial charge in [0.05, 0.1) is 12.2 Å². The van der Waals surface area contributed by atoms with Crippen molar-refractivity contribution in [1.82, 2.24) is 20.1 Å². The van der Waals surface area contributed by atoms with Crippen molar-refractivity contribution in [3.8, 4) is 0 Å². The quantitative estimate of drug-likeness (QED) is 0.785. The van der Waals surface area contributed by atoms with E-state index in [1.165, 1.54) is 5.56 Å². The molecule has 1 N–H and O–H groups in total. The van der Waals surface area contributed by atoms with Crippen LogP contribution in [0, 0.1) is 6.92 Å². The fraction of sp³-hybridized carbons (Fsp3) is 0.350. The Hall–Kier alpha value is -2.73. The maximum atomic E-state index is 12.7. The molecule has 1 aliphatic rings. The molecule has 0 atom stereocenters. The van der Waals surface area contributed by atoms with E-state index in [2.05, 4.69) is 27.5 Å². The van der Waals surface area contributed by atoms with Gasteiger partial charge >= 0.3 is 0 Å². The van der Waals surface area contributed by atoms with Gasteiger partial charge < -0.3 is 10.2 Å². The van der Waals surface area contributed by atoms with Gasteiger partial charge in [0.15, 0.2) is 5.65 Å². The van der Waals surface area contributed by atoms with Gasteiger partial charge in [-0.15, -0.1) is 0 Å². The summed E-state index contributed by atoms with van der Waals surface area (Å²) in [7, 11) is 1.90. The van der Waals surface area contributed by atoms with Crippen molar-refractivity contribution in [1.29, 1.82) is 0 Å². The number of hydrogen-bond donors (Lipinski definition) is 1. The number of carbonyl (C=O) groups is 1. The summed E-state index contributed by atoms with van der Waals surface area (Å²) < 4.78 is 1.79. The van der Waals surface area contributed by atoms with Crippen molar-refractivity contribution >= 4 is 22.6 Å². The Morgan fingerprint density at radius 2 is 2.15 bits per heavy atom. The van der Waals surface area contributed by atoms with Gasteiger partial charge in [-0.05, 0) is 43.0 Å². The minimum absolute atomic E-state index is 0.115. The van der Waals surface area contributed by atoms with E-state index in [1.54, 1.807) is 4.68 Å². The van der Waals surface area contributed by atoms with Crippen LogP contribution in [0.15, 0.2) is 36.5 Å². The number of anilines is 1. The smallest absolute Gasteiger partial charge is 0.240 e. The number of nitrogens with zero attached hydrogens (tertiary/aromatic N) is 4. The highest BCUT2D eigenvalue weighted by atomic mass is 16.2. The molecule has 26 heavy (non-hydrogen) atoms. The maximum Gasteiger partial charge on any atom is 0.240 e. The van der Waals surface area contributed by atoms with E-state index in [-0.39, 0.29) is 5.91 Å². The van der Waals surface area contributed by atoms with E-state index < -0.39 is 0 Å². The summed E-state index contributed by atoms with van der Waals surface area (Å²) >= 11 is 0. The number of carbonyl (C=O) groups excluding carboxylic acids is 1. The number of amides is 1. The number of nitrogens with one attached hydrogen (secondary N) is 1. The average molecular weight is 349 g/mol. The summed E-state index contributed by atoms with van der Waals surface area (Å²) in [6, 6.07) is 10.3. The van der Waals surface area contributed by atoms with Crippen molar-refractivity contribution in [3.05, 3.63) is 53.3 Å². The van der Waals surface area contributed by atoms with E-state index >= 15 is 0 Å². The molecule has 2 aromatic heterocycles. The number of hydrogen-bond acceptors (Lipinski definition) is 4. The molecule has 3 aromatic rings. The normalized spacial score (nSPS) is 13.8. The van der Waals surface area contributed by atoms with Gasteiger partial charge in [-0.25, -0.2) is 4.98 Å². The summed E-state index contributed by atoms with van der Waals surface area (Å²) in [5.41, 5.74) is 5.22. The van der Waals surface area contributed by atoms with Crippen molar-refractivity contribution in [3.63, 3.8) is 0 Å². The lowest BCUT2D eigenvalue weighted by Crippen LogP contribution is -2.41. The summed E-state index contributed by atoms with van der Waals surface area (Å²) in [6.07, 6.45) is 3.91. The zero-order valence-corrected chi connectivity index (χ0v) is 15.2. The van der Waals surface area contributed by atoms with Crippen molar-refractivity contribution in [2.45, 2.75) is 26.3 Å². The number of aryl methyl sites for hydroxylation is 3. The predicted octanol–water partition coefficient (Wildman–Crippen LogP) is 2.35. The van der Waals surface area contributed by atoms with Crippen LogP contribution in [0.2, 0.25) is 0 Å². The SMILES string of the molecule is Cc1nn(C)c2ncc(CNCC(=O)N3CCCc4ccccc43)cc12. The van der Waals surface area contributed by atoms with Gasteiger partial charge in [-0.3, -0.25) is 9.48 Å². The third-order valence-corrected chi connectivity index (χ3v) is 4.94. The summed E-state index contributed by atoms with van der Waals surface area (Å²) in [6.45, 7) is 3.70. The molecule has 0 radical (unpaired) electrons. The first-order chi connectivity index (χ1) is 12.6. The van der Waals surface area contributed by atoms with E-state index in [0.29, 0.717) is 13.1 Å². The number of para-hydroxylation sites is 1. The van der Waals surface area contributed by atoms with Gasteiger partial charge in [0.2, 0.25) is 5.91 Å². The Morgan fingerprint density at radius 1 is 1.31 bits per heavy atom. The third-order valence-electron chi connectivity index (χ3n) is 4.94. The number of aromatic nitrogens is 3. The van der Waals surface area contributed by atoms with Crippen LogP contribution < -0.4 is 10.2 Å². The molecule has 1 amide bonds. The first kappa shape index (κ1) is 16.7. The second-order valence-electron chi connectivity index (χ2n) is 6.80. The number of fused-ring (bicyclic) bond motifs is 2. The molecule has 0 spiro atoms. The Kier molecular flexibility index (Phi) is 4.42. The van der Waals surface area contributed by atoms with Gasteiger partial charge in [-0.2, -0.15) is 5.10 Å². The van der Waals surface area contributed by atoms with Crippen LogP contribution in [0.1, 0.15) is 23.2 Å². The monoisotopic (exact) mass is 349 g/mol. The molecule has 6 nitrogen and oxygen atoms in total. The lowest BCUT2D eigenvalue weighted by atomic mass is 10.0. The molecule has 0 saturated heterocycles. The fourth-order valence-electron chi connectivity index (χ4n) is 3.65. The number of rotatable bonds is 4. The van der Waals surface area contributed by atoms with Gasteiger partial charge in [0.1, 0.15) is 0 Å². The molecule has 0 unspecified atom stereocenters. The highest BCUT2D eigenvalue weighted by Gasteiger charge is 2.21. The highest BCUT2D eigenvalue weighted by Crippen LogP contribution is 2.26. The molecular formula is C20H23N5O. The molecule has 134 valence electrons. The van der Waals surface area contributed by atoms with Gasteiger partial charge in [-0.1, -0.05) is 18.2 Å². The molecule has 4 rings (SSSR count). The Labute approximate surface area is 152 Å². The predicted molar refractivity (Wildman–Crippen MR) is 102 cm³/mol. The Morgan fingerprint density at radius 3 is 3.04 bits per heavy atom. The van der Waals surface area contributed by atoms with E-state index in [9.17, 15) is 4.79 Å². The largest absolute Gasteiger partial charge is 0.311 e. The van der Waals surface area contributed by atoms with Crippen LogP contribution in [0.5, 0.6) is 0 Å². The van der Waals surface area contributed by atoms with Crippen LogP contribution in [-0.4, -0.2) is 33.8 Å². The standard InChI is InChI=1S/C20H23N5O/c1-14-17-10-15(12-22-20(17)24(2)23-14)11-21-13-19(26)25-9-5-7-16-6-3-4-8-18(16)25/h3-4,6,8,10,12,21H,5,7,9,11,13H2,1-2H3. The van der Waals surface area contributed by atoms with E-state index in [4.69, 9.17) is 0 Å². The van der Waals surface area contributed by atoms with Crippen molar-refractivity contribution < 1.29 is 4.79 Å². The molecule has 1 aliphatic heterocycles. The van der Waals surface area contributed by atoms with Crippen LogP contribution in [0.25, 0.3) is 11.0 Å². The van der Waals surface area contributed by atoms with E-state index in [1.807, 2.05) is 43.3 Å². The average Bonchev–Trinajstić information content (AvgIpc) is 2.94. The second kappa shape index (κ2) is 6.88. The summed E-state index contributed by atoms with van der Waals surface area (Å²) in [5.74, 6) is 0.115. The van der Waals surface area contributed by atoms with Crippen LogP contribution in [-0.2, 0) is 24.8 Å². The van der Waals surface area contributed by atoms with E-state index in [0.717, 1.165) is 47.4 Å². The molecular weight excluding hydrogens is 326 g/mol. The Balaban J connectivity index is 1.41. The third kappa shape index (κ3) is 3.08. The zero-order chi connectivity index (χ0) is 18.1. The molecule has 0 fully saturated rings. The molecule has 0 saturated carbocycles. The minimum Gasteiger partial charge on any atom is -0.311 e. The van der Waals surface area contributed by atoms with Gasteiger partial charge in [0.25, 0.3) is 0 Å². The number of benzene rings is 1. The highest BCUT2D eigenvalue weighted by molar-refractivity contribution is 5.95.